The molecule has 2 fully saturated rings. The molecule has 0 spiro atoms. The Balaban J connectivity index is 1.71. The Labute approximate surface area is 216 Å². The molecule has 36 heavy (non-hydrogen) atoms. The van der Waals surface area contributed by atoms with Gasteiger partial charge in [0.25, 0.3) is 0 Å². The second-order valence-electron chi connectivity index (χ2n) is 12.2. The smallest absolute Gasteiger partial charge is 0.123 e. The van der Waals surface area contributed by atoms with Crippen molar-refractivity contribution >= 4 is 0 Å². The third-order valence-electron chi connectivity index (χ3n) is 9.23. The fourth-order valence-corrected chi connectivity index (χ4v) is 7.11. The molecule has 0 atom stereocenters. The van der Waals surface area contributed by atoms with E-state index in [0.29, 0.717) is 11.5 Å². The predicted octanol–water partition coefficient (Wildman–Crippen LogP) is 8.93. The maximum Gasteiger partial charge on any atom is 0.123 e. The normalized spacial score (nSPS) is 19.5. The quantitative estimate of drug-likeness (QED) is 0.378. The highest BCUT2D eigenvalue weighted by molar-refractivity contribution is 5.59. The van der Waals surface area contributed by atoms with Gasteiger partial charge in [0.1, 0.15) is 17.3 Å². The fourth-order valence-electron chi connectivity index (χ4n) is 7.11. The summed E-state index contributed by atoms with van der Waals surface area (Å²) in [6.07, 6.45) is 13.4. The number of phenolic OH excluding ortho intramolecular Hbond substituents is 2. The number of aryl methyl sites for hydroxylation is 2. The van der Waals surface area contributed by atoms with Gasteiger partial charge in [0.05, 0.1) is 12.2 Å². The SMILES string of the molecule is Cc1cc(C(c2ccco2)c2cc(C)cc(C3(C)CCCCC3)c2O)c(O)c(C2(C)CCCCC2)c1. The Morgan fingerprint density at radius 2 is 1.14 bits per heavy atom. The summed E-state index contributed by atoms with van der Waals surface area (Å²) in [5.41, 5.74) is 5.93. The average Bonchev–Trinajstić information content (AvgIpc) is 3.38. The van der Waals surface area contributed by atoms with Crippen molar-refractivity contribution in [3.8, 4) is 11.5 Å². The van der Waals surface area contributed by atoms with Gasteiger partial charge < -0.3 is 14.6 Å². The van der Waals surface area contributed by atoms with Crippen LogP contribution in [0.15, 0.2) is 47.1 Å². The van der Waals surface area contributed by atoms with Crippen LogP contribution in [0.5, 0.6) is 11.5 Å². The monoisotopic (exact) mass is 486 g/mol. The molecular formula is C33H42O3. The summed E-state index contributed by atoms with van der Waals surface area (Å²) in [4.78, 5) is 0. The van der Waals surface area contributed by atoms with Crippen LogP contribution >= 0.6 is 0 Å². The van der Waals surface area contributed by atoms with Gasteiger partial charge in [0.15, 0.2) is 0 Å². The number of phenols is 2. The predicted molar refractivity (Wildman–Crippen MR) is 146 cm³/mol. The molecule has 2 saturated carbocycles. The lowest BCUT2D eigenvalue weighted by atomic mass is 9.68. The number of hydrogen-bond donors (Lipinski definition) is 2. The van der Waals surface area contributed by atoms with Crippen LogP contribution < -0.4 is 0 Å². The molecule has 3 heteroatoms. The maximum atomic E-state index is 11.9. The van der Waals surface area contributed by atoms with E-state index in [9.17, 15) is 10.2 Å². The largest absolute Gasteiger partial charge is 0.507 e. The minimum Gasteiger partial charge on any atom is -0.507 e. The summed E-state index contributed by atoms with van der Waals surface area (Å²) >= 11 is 0. The van der Waals surface area contributed by atoms with Crippen molar-refractivity contribution < 1.29 is 14.6 Å². The molecule has 3 nitrogen and oxygen atoms in total. The van der Waals surface area contributed by atoms with E-state index in [1.54, 1.807) is 6.26 Å². The maximum absolute atomic E-state index is 11.9. The molecule has 3 aromatic rings. The first-order valence-corrected chi connectivity index (χ1v) is 13.9. The van der Waals surface area contributed by atoms with Crippen molar-refractivity contribution in [3.05, 3.63) is 81.8 Å². The van der Waals surface area contributed by atoms with Gasteiger partial charge in [-0.05, 0) is 62.5 Å². The van der Waals surface area contributed by atoms with E-state index in [0.717, 1.165) is 64.8 Å². The summed E-state index contributed by atoms with van der Waals surface area (Å²) in [6.45, 7) is 8.84. The Morgan fingerprint density at radius 1 is 0.694 bits per heavy atom. The van der Waals surface area contributed by atoms with Gasteiger partial charge in [-0.25, -0.2) is 0 Å². The van der Waals surface area contributed by atoms with Gasteiger partial charge in [0.2, 0.25) is 0 Å². The molecule has 192 valence electrons. The average molecular weight is 487 g/mol. The molecule has 0 saturated heterocycles. The standard InChI is InChI=1S/C33H42O3/c1-22-18-24(30(34)26(20-22)32(3)13-7-5-8-14-32)29(28-12-11-17-36-28)25-19-23(2)21-27(31(25)35)33(4)15-9-6-10-16-33/h11-12,17-21,29,34-35H,5-10,13-16H2,1-4H3. The van der Waals surface area contributed by atoms with E-state index in [-0.39, 0.29) is 16.7 Å². The van der Waals surface area contributed by atoms with Gasteiger partial charge in [-0.1, -0.05) is 87.8 Å². The summed E-state index contributed by atoms with van der Waals surface area (Å²) < 4.78 is 5.99. The van der Waals surface area contributed by atoms with Gasteiger partial charge in [-0.2, -0.15) is 0 Å². The minimum atomic E-state index is -0.378. The number of benzene rings is 2. The molecule has 2 aromatic carbocycles. The molecule has 1 aromatic heterocycles. The molecule has 0 bridgehead atoms. The molecule has 5 rings (SSSR count). The first-order valence-electron chi connectivity index (χ1n) is 13.9. The Morgan fingerprint density at radius 3 is 1.53 bits per heavy atom. The summed E-state index contributed by atoms with van der Waals surface area (Å²) in [5, 5.41) is 23.7. The summed E-state index contributed by atoms with van der Waals surface area (Å²) in [5.74, 6) is 1.09. The summed E-state index contributed by atoms with van der Waals surface area (Å²) in [7, 11) is 0. The Kier molecular flexibility index (Phi) is 6.70. The van der Waals surface area contributed by atoms with Gasteiger partial charge >= 0.3 is 0 Å². The molecular weight excluding hydrogens is 444 g/mol. The zero-order valence-electron chi connectivity index (χ0n) is 22.5. The topological polar surface area (TPSA) is 53.6 Å². The molecule has 0 aliphatic heterocycles. The first-order chi connectivity index (χ1) is 17.2. The highest BCUT2D eigenvalue weighted by atomic mass is 16.3. The molecule has 2 aliphatic rings. The lowest BCUT2D eigenvalue weighted by molar-refractivity contribution is 0.305. The van der Waals surface area contributed by atoms with Crippen molar-refractivity contribution in [2.24, 2.45) is 0 Å². The first kappa shape index (κ1) is 25.0. The summed E-state index contributed by atoms with van der Waals surface area (Å²) in [6, 6.07) is 12.4. The molecule has 0 radical (unpaired) electrons. The van der Waals surface area contributed by atoms with E-state index >= 15 is 0 Å². The number of hydrogen-bond acceptors (Lipinski definition) is 3. The highest BCUT2D eigenvalue weighted by Crippen LogP contribution is 2.51. The van der Waals surface area contributed by atoms with Crippen LogP contribution in [0.25, 0.3) is 0 Å². The molecule has 0 amide bonds. The van der Waals surface area contributed by atoms with Crippen molar-refractivity contribution in [2.75, 3.05) is 0 Å². The van der Waals surface area contributed by atoms with Crippen LogP contribution in [0, 0.1) is 13.8 Å². The van der Waals surface area contributed by atoms with Gasteiger partial charge in [0, 0.05) is 22.3 Å². The van der Waals surface area contributed by atoms with Crippen molar-refractivity contribution in [1.29, 1.82) is 0 Å². The van der Waals surface area contributed by atoms with Gasteiger partial charge in [-0.15, -0.1) is 0 Å². The second-order valence-corrected chi connectivity index (χ2v) is 12.2. The van der Waals surface area contributed by atoms with Crippen LogP contribution in [0.1, 0.15) is 123 Å². The molecule has 2 N–H and O–H groups in total. The van der Waals surface area contributed by atoms with Crippen LogP contribution in [0.4, 0.5) is 0 Å². The third kappa shape index (κ3) is 4.46. The lowest BCUT2D eigenvalue weighted by Crippen LogP contribution is -2.26. The fraction of sp³-hybridized carbons (Fsp3) is 0.515. The molecule has 1 heterocycles. The van der Waals surface area contributed by atoms with Crippen LogP contribution in [0.2, 0.25) is 0 Å². The van der Waals surface area contributed by atoms with E-state index in [1.807, 2.05) is 12.1 Å². The van der Waals surface area contributed by atoms with Crippen LogP contribution in [-0.2, 0) is 10.8 Å². The number of rotatable bonds is 5. The Hall–Kier alpha value is -2.68. The minimum absolute atomic E-state index is 0.0355. The van der Waals surface area contributed by atoms with Crippen molar-refractivity contribution in [3.63, 3.8) is 0 Å². The van der Waals surface area contributed by atoms with Crippen molar-refractivity contribution in [1.82, 2.24) is 0 Å². The highest BCUT2D eigenvalue weighted by Gasteiger charge is 2.37. The van der Waals surface area contributed by atoms with E-state index in [1.165, 1.54) is 38.5 Å². The number of aromatic hydroxyl groups is 2. The van der Waals surface area contributed by atoms with Crippen LogP contribution in [0.3, 0.4) is 0 Å². The van der Waals surface area contributed by atoms with E-state index < -0.39 is 0 Å². The zero-order chi connectivity index (χ0) is 25.5. The van der Waals surface area contributed by atoms with Crippen LogP contribution in [-0.4, -0.2) is 10.2 Å². The third-order valence-corrected chi connectivity index (χ3v) is 9.23. The van der Waals surface area contributed by atoms with E-state index in [2.05, 4.69) is 52.0 Å². The molecule has 2 aliphatic carbocycles. The number of furan rings is 1. The zero-order valence-corrected chi connectivity index (χ0v) is 22.5. The van der Waals surface area contributed by atoms with Gasteiger partial charge in [-0.3, -0.25) is 0 Å². The van der Waals surface area contributed by atoms with Crippen molar-refractivity contribution in [2.45, 2.75) is 109 Å². The second kappa shape index (κ2) is 9.65. The Bertz CT molecular complexity index is 1130. The molecule has 0 unspecified atom stereocenters. The van der Waals surface area contributed by atoms with E-state index in [4.69, 9.17) is 4.42 Å². The lowest BCUT2D eigenvalue weighted by Gasteiger charge is -2.37.